The van der Waals surface area contributed by atoms with Crippen molar-refractivity contribution in [1.29, 1.82) is 0 Å². The van der Waals surface area contributed by atoms with E-state index in [1.54, 1.807) is 0 Å². The van der Waals surface area contributed by atoms with Crippen LogP contribution in [0.25, 0.3) is 0 Å². The Bertz CT molecular complexity index is 946. The molecule has 0 bridgehead atoms. The highest BCUT2D eigenvalue weighted by atomic mass is 32.1. The molecule has 0 atom stereocenters. The van der Waals surface area contributed by atoms with Crippen molar-refractivity contribution >= 4 is 17.2 Å². The zero-order valence-electron chi connectivity index (χ0n) is 18.4. The predicted octanol–water partition coefficient (Wildman–Crippen LogP) is 5.54. The number of thiophene rings is 1. The van der Waals surface area contributed by atoms with Gasteiger partial charge in [0.1, 0.15) is 0 Å². The third-order valence-electron chi connectivity index (χ3n) is 6.31. The fourth-order valence-electron chi connectivity index (χ4n) is 4.35. The van der Waals surface area contributed by atoms with Crippen molar-refractivity contribution in [2.75, 3.05) is 19.6 Å². The molecule has 0 spiro atoms. The smallest absolute Gasteiger partial charge is 0.226 e. The first kappa shape index (κ1) is 21.8. The number of carbonyl (C=O) groups excluding carboxylic acids is 1. The van der Waals surface area contributed by atoms with Crippen LogP contribution in [-0.2, 0) is 24.3 Å². The first-order chi connectivity index (χ1) is 15.2. The molecule has 0 unspecified atom stereocenters. The van der Waals surface area contributed by atoms with Gasteiger partial charge in [-0.3, -0.25) is 9.69 Å². The van der Waals surface area contributed by atoms with Crippen LogP contribution in [0.5, 0.6) is 0 Å². The van der Waals surface area contributed by atoms with E-state index in [0.29, 0.717) is 12.5 Å². The number of rotatable bonds is 8. The van der Waals surface area contributed by atoms with Crippen molar-refractivity contribution in [3.05, 3.63) is 93.7 Å². The minimum atomic E-state index is 0.139. The maximum absolute atomic E-state index is 13.5. The Morgan fingerprint density at radius 3 is 2.23 bits per heavy atom. The molecule has 31 heavy (non-hydrogen) atoms. The first-order valence-electron chi connectivity index (χ1n) is 11.3. The molecule has 0 saturated carbocycles. The Labute approximate surface area is 190 Å². The lowest BCUT2D eigenvalue weighted by molar-refractivity contribution is -0.137. The third-order valence-corrected chi connectivity index (χ3v) is 7.32. The van der Waals surface area contributed by atoms with Crippen molar-refractivity contribution in [1.82, 2.24) is 9.80 Å². The normalized spacial score (nSPS) is 15.1. The van der Waals surface area contributed by atoms with E-state index in [2.05, 4.69) is 76.7 Å². The molecule has 3 aromatic rings. The number of benzene rings is 2. The van der Waals surface area contributed by atoms with E-state index in [0.717, 1.165) is 45.4 Å². The number of aryl methyl sites for hydroxylation is 1. The van der Waals surface area contributed by atoms with Crippen molar-refractivity contribution in [3.63, 3.8) is 0 Å². The summed E-state index contributed by atoms with van der Waals surface area (Å²) in [4.78, 5) is 19.6. The number of amides is 1. The van der Waals surface area contributed by atoms with E-state index < -0.39 is 0 Å². The largest absolute Gasteiger partial charge is 0.338 e. The van der Waals surface area contributed by atoms with Crippen molar-refractivity contribution in [2.45, 2.75) is 39.3 Å². The zero-order valence-corrected chi connectivity index (χ0v) is 19.2. The van der Waals surface area contributed by atoms with Crippen LogP contribution in [0.4, 0.5) is 0 Å². The number of piperidine rings is 1. The van der Waals surface area contributed by atoms with Crippen molar-refractivity contribution < 1.29 is 4.79 Å². The van der Waals surface area contributed by atoms with Gasteiger partial charge in [0.25, 0.3) is 0 Å². The van der Waals surface area contributed by atoms with Gasteiger partial charge in [-0.05, 0) is 67.4 Å². The molecule has 162 valence electrons. The molecule has 3 nitrogen and oxygen atoms in total. The van der Waals surface area contributed by atoms with Crippen LogP contribution in [0, 0.1) is 12.8 Å². The SMILES string of the molecule is Cc1ccsc1CN1CCC(C(=O)N(CCc2ccccc2)Cc2ccccc2)CC1. The average molecular weight is 433 g/mol. The summed E-state index contributed by atoms with van der Waals surface area (Å²) in [6.07, 6.45) is 2.82. The van der Waals surface area contributed by atoms with E-state index in [9.17, 15) is 4.79 Å². The second kappa shape index (κ2) is 10.7. The molecule has 1 fully saturated rings. The van der Waals surface area contributed by atoms with Gasteiger partial charge >= 0.3 is 0 Å². The maximum atomic E-state index is 13.5. The summed E-state index contributed by atoms with van der Waals surface area (Å²) in [6, 6.07) is 23.1. The molecule has 2 aromatic carbocycles. The minimum absolute atomic E-state index is 0.139. The van der Waals surface area contributed by atoms with Gasteiger partial charge in [0.15, 0.2) is 0 Å². The van der Waals surface area contributed by atoms with Crippen LogP contribution < -0.4 is 0 Å². The molecule has 0 radical (unpaired) electrons. The third kappa shape index (κ3) is 6.05. The zero-order chi connectivity index (χ0) is 21.5. The van der Waals surface area contributed by atoms with Gasteiger partial charge in [-0.2, -0.15) is 0 Å². The number of hydrogen-bond acceptors (Lipinski definition) is 3. The van der Waals surface area contributed by atoms with Gasteiger partial charge in [0.2, 0.25) is 5.91 Å². The lowest BCUT2D eigenvalue weighted by atomic mass is 9.94. The highest BCUT2D eigenvalue weighted by molar-refractivity contribution is 7.10. The van der Waals surface area contributed by atoms with Crippen molar-refractivity contribution in [2.24, 2.45) is 5.92 Å². The van der Waals surface area contributed by atoms with E-state index in [1.807, 2.05) is 23.5 Å². The van der Waals surface area contributed by atoms with Gasteiger partial charge in [-0.25, -0.2) is 0 Å². The average Bonchev–Trinajstić information content (AvgIpc) is 3.22. The second-order valence-electron chi connectivity index (χ2n) is 8.56. The topological polar surface area (TPSA) is 23.6 Å². The summed E-state index contributed by atoms with van der Waals surface area (Å²) in [7, 11) is 0. The highest BCUT2D eigenvalue weighted by Crippen LogP contribution is 2.25. The Morgan fingerprint density at radius 2 is 1.61 bits per heavy atom. The molecule has 1 aliphatic rings. The van der Waals surface area contributed by atoms with Gasteiger partial charge in [0, 0.05) is 30.4 Å². The van der Waals surface area contributed by atoms with Gasteiger partial charge < -0.3 is 4.90 Å². The number of hydrogen-bond donors (Lipinski definition) is 0. The predicted molar refractivity (Wildman–Crippen MR) is 129 cm³/mol. The Kier molecular flexibility index (Phi) is 7.55. The number of nitrogens with zero attached hydrogens (tertiary/aromatic N) is 2. The van der Waals surface area contributed by atoms with Gasteiger partial charge in [-0.1, -0.05) is 60.7 Å². The lowest BCUT2D eigenvalue weighted by Gasteiger charge is -2.34. The molecule has 4 heteroatoms. The Morgan fingerprint density at radius 1 is 0.968 bits per heavy atom. The van der Waals surface area contributed by atoms with Crippen molar-refractivity contribution in [3.8, 4) is 0 Å². The van der Waals surface area contributed by atoms with Crippen LogP contribution in [0.15, 0.2) is 72.1 Å². The Hall–Kier alpha value is -2.43. The number of likely N-dealkylation sites (tertiary alicyclic amines) is 1. The fourth-order valence-corrected chi connectivity index (χ4v) is 5.29. The van der Waals surface area contributed by atoms with Gasteiger partial charge in [-0.15, -0.1) is 11.3 Å². The number of carbonyl (C=O) groups is 1. The van der Waals surface area contributed by atoms with E-state index in [4.69, 9.17) is 0 Å². The second-order valence-corrected chi connectivity index (χ2v) is 9.56. The fraction of sp³-hybridized carbons (Fsp3) is 0.370. The standard InChI is InChI=1S/C27H32N2OS/c1-22-15-19-31-26(22)21-28-16-13-25(14-17-28)27(30)29(20-24-10-6-3-7-11-24)18-12-23-8-4-2-5-9-23/h2-11,15,19,25H,12-14,16-18,20-21H2,1H3. The molecular formula is C27H32N2OS. The molecule has 0 N–H and O–H groups in total. The maximum Gasteiger partial charge on any atom is 0.226 e. The summed E-state index contributed by atoms with van der Waals surface area (Å²) in [5, 5.41) is 2.18. The van der Waals surface area contributed by atoms with Crippen LogP contribution in [0.3, 0.4) is 0 Å². The molecule has 1 aliphatic heterocycles. The summed E-state index contributed by atoms with van der Waals surface area (Å²) < 4.78 is 0. The summed E-state index contributed by atoms with van der Waals surface area (Å²) in [5.41, 5.74) is 3.88. The van der Waals surface area contributed by atoms with E-state index >= 15 is 0 Å². The summed E-state index contributed by atoms with van der Waals surface area (Å²) in [5.74, 6) is 0.465. The van der Waals surface area contributed by atoms with Crippen LogP contribution in [0.1, 0.15) is 34.4 Å². The molecule has 4 rings (SSSR count). The summed E-state index contributed by atoms with van der Waals surface area (Å²) >= 11 is 1.84. The van der Waals surface area contributed by atoms with E-state index in [-0.39, 0.29) is 5.92 Å². The lowest BCUT2D eigenvalue weighted by Crippen LogP contribution is -2.42. The molecule has 1 aromatic heterocycles. The minimum Gasteiger partial charge on any atom is -0.338 e. The molecule has 2 heterocycles. The summed E-state index contributed by atoms with van der Waals surface area (Å²) in [6.45, 7) is 6.69. The van der Waals surface area contributed by atoms with Crippen LogP contribution in [0.2, 0.25) is 0 Å². The van der Waals surface area contributed by atoms with Crippen LogP contribution >= 0.6 is 11.3 Å². The molecular weight excluding hydrogens is 400 g/mol. The first-order valence-corrected chi connectivity index (χ1v) is 12.2. The van der Waals surface area contributed by atoms with Crippen LogP contribution in [-0.4, -0.2) is 35.3 Å². The van der Waals surface area contributed by atoms with Gasteiger partial charge in [0.05, 0.1) is 0 Å². The molecule has 1 saturated heterocycles. The quantitative estimate of drug-likeness (QED) is 0.467. The molecule has 0 aliphatic carbocycles. The molecule has 1 amide bonds. The highest BCUT2D eigenvalue weighted by Gasteiger charge is 2.28. The van der Waals surface area contributed by atoms with E-state index in [1.165, 1.54) is 21.6 Å². The monoisotopic (exact) mass is 432 g/mol. The Balaban J connectivity index is 1.37.